The number of aliphatic hydroxyl groups is 1. The van der Waals surface area contributed by atoms with Gasteiger partial charge in [0.05, 0.1) is 6.10 Å². The first-order valence-electron chi connectivity index (χ1n) is 3.27. The van der Waals surface area contributed by atoms with Gasteiger partial charge in [0.25, 0.3) is 0 Å². The van der Waals surface area contributed by atoms with E-state index >= 15 is 0 Å². The van der Waals surface area contributed by atoms with Crippen molar-refractivity contribution in [3.63, 3.8) is 0 Å². The second-order valence-corrected chi connectivity index (χ2v) is 3.49. The Balaban J connectivity index is 2.47. The minimum absolute atomic E-state index is 0.276. The third-order valence-electron chi connectivity index (χ3n) is 1.61. The van der Waals surface area contributed by atoms with E-state index in [-0.39, 0.29) is 6.54 Å². The summed E-state index contributed by atoms with van der Waals surface area (Å²) < 4.78 is 22.0. The minimum atomic E-state index is -2.47. The van der Waals surface area contributed by atoms with Crippen LogP contribution in [0.5, 0.6) is 0 Å². The maximum absolute atomic E-state index is 10.4. The molecule has 0 radical (unpaired) electrons. The Kier molecular flexibility index (Phi) is 2.64. The van der Waals surface area contributed by atoms with E-state index in [2.05, 4.69) is 0 Å². The fraction of sp³-hybridized carbons (Fsp3) is 1.00. The fourth-order valence-electron chi connectivity index (χ4n) is 1.08. The highest BCUT2D eigenvalue weighted by Crippen LogP contribution is 2.08. The summed E-state index contributed by atoms with van der Waals surface area (Å²) in [5.41, 5.74) is 0. The van der Waals surface area contributed by atoms with Gasteiger partial charge in [-0.2, -0.15) is 0 Å². The topological polar surface area (TPSA) is 57.6 Å². The Labute approximate surface area is 61.5 Å². The minimum Gasteiger partial charge on any atom is -0.392 e. The zero-order valence-corrected chi connectivity index (χ0v) is 6.46. The van der Waals surface area contributed by atoms with E-state index in [4.69, 9.17) is 5.11 Å². The molecule has 1 heterocycles. The van der Waals surface area contributed by atoms with Crippen molar-refractivity contribution in [2.75, 3.05) is 13.1 Å². The van der Waals surface area contributed by atoms with Gasteiger partial charge >= 0.3 is 0 Å². The summed E-state index contributed by atoms with van der Waals surface area (Å²) >= 11 is 0. The van der Waals surface area contributed by atoms with Gasteiger partial charge in [0.15, 0.2) is 0 Å². The van der Waals surface area contributed by atoms with Crippen LogP contribution >= 0.6 is 0 Å². The fourth-order valence-corrected chi connectivity index (χ4v) is 1.71. The molecular formula is C5H11NO3S. The smallest absolute Gasteiger partial charge is 0.204 e. The lowest BCUT2D eigenvalue weighted by atomic mass is 10.1. The van der Waals surface area contributed by atoms with Gasteiger partial charge in [-0.25, -0.2) is 12.7 Å². The van der Waals surface area contributed by atoms with Crippen molar-refractivity contribution < 1.29 is 13.5 Å². The SMILES string of the molecule is O=[SH](=O)N1CCC[C@@H](O)C1. The van der Waals surface area contributed by atoms with Gasteiger partial charge in [-0.15, -0.1) is 0 Å². The lowest BCUT2D eigenvalue weighted by molar-refractivity contribution is 0.109. The summed E-state index contributed by atoms with van der Waals surface area (Å²) in [7, 11) is -2.47. The predicted octanol–water partition coefficient (Wildman–Crippen LogP) is -1.03. The Morgan fingerprint density at radius 2 is 2.20 bits per heavy atom. The molecule has 60 valence electrons. The molecule has 0 bridgehead atoms. The highest BCUT2D eigenvalue weighted by Gasteiger charge is 2.18. The van der Waals surface area contributed by atoms with Crippen LogP contribution in [0, 0.1) is 0 Å². The van der Waals surface area contributed by atoms with Crippen molar-refractivity contribution in [1.29, 1.82) is 0 Å². The molecule has 0 saturated carbocycles. The van der Waals surface area contributed by atoms with E-state index < -0.39 is 17.0 Å². The molecule has 0 amide bonds. The molecule has 0 aromatic heterocycles. The van der Waals surface area contributed by atoms with Gasteiger partial charge in [-0.3, -0.25) is 0 Å². The highest BCUT2D eigenvalue weighted by molar-refractivity contribution is 7.69. The van der Waals surface area contributed by atoms with Crippen LogP contribution in [0.25, 0.3) is 0 Å². The number of aliphatic hydroxyl groups excluding tert-OH is 1. The second kappa shape index (κ2) is 3.32. The van der Waals surface area contributed by atoms with Crippen LogP contribution in [0.2, 0.25) is 0 Å². The highest BCUT2D eigenvalue weighted by atomic mass is 32.2. The first-order valence-corrected chi connectivity index (χ1v) is 4.40. The van der Waals surface area contributed by atoms with Crippen molar-refractivity contribution >= 4 is 10.9 Å². The summed E-state index contributed by atoms with van der Waals surface area (Å²) in [6.45, 7) is 0.842. The number of β-amino-alcohol motifs (C(OH)–C–C–N with tert-alkyl or cyclic N) is 1. The average molecular weight is 165 g/mol. The third-order valence-corrected chi connectivity index (χ3v) is 2.43. The lowest BCUT2D eigenvalue weighted by Gasteiger charge is -2.24. The Bertz CT molecular complexity index is 172. The van der Waals surface area contributed by atoms with Gasteiger partial charge in [0.1, 0.15) is 0 Å². The molecule has 0 unspecified atom stereocenters. The molecule has 1 aliphatic rings. The zero-order chi connectivity index (χ0) is 7.56. The average Bonchev–Trinajstić information content (AvgIpc) is 1.88. The van der Waals surface area contributed by atoms with Gasteiger partial charge < -0.3 is 5.11 Å². The molecule has 5 heteroatoms. The normalized spacial score (nSPS) is 29.2. The number of hydrogen-bond acceptors (Lipinski definition) is 3. The van der Waals surface area contributed by atoms with Crippen LogP contribution in [0.3, 0.4) is 0 Å². The van der Waals surface area contributed by atoms with Crippen LogP contribution in [0.15, 0.2) is 0 Å². The zero-order valence-electron chi connectivity index (χ0n) is 5.56. The molecule has 1 fully saturated rings. The van der Waals surface area contributed by atoms with E-state index in [1.54, 1.807) is 0 Å². The van der Waals surface area contributed by atoms with Gasteiger partial charge in [-0.1, -0.05) is 0 Å². The first kappa shape index (κ1) is 7.97. The van der Waals surface area contributed by atoms with Crippen molar-refractivity contribution in [1.82, 2.24) is 4.31 Å². The summed E-state index contributed by atoms with van der Waals surface area (Å²) in [5, 5.41) is 9.02. The molecule has 0 spiro atoms. The largest absolute Gasteiger partial charge is 0.392 e. The molecule has 0 aromatic rings. The summed E-state index contributed by atoms with van der Waals surface area (Å²) in [5.74, 6) is 0. The van der Waals surface area contributed by atoms with Crippen molar-refractivity contribution in [2.24, 2.45) is 0 Å². The van der Waals surface area contributed by atoms with Crippen LogP contribution in [-0.2, 0) is 10.9 Å². The van der Waals surface area contributed by atoms with Gasteiger partial charge in [-0.05, 0) is 12.8 Å². The van der Waals surface area contributed by atoms with Gasteiger partial charge in [0, 0.05) is 13.1 Å². The van der Waals surface area contributed by atoms with E-state index in [0.717, 1.165) is 12.8 Å². The molecule has 1 atom stereocenters. The quantitative estimate of drug-likeness (QED) is 0.488. The molecule has 1 aliphatic heterocycles. The van der Waals surface area contributed by atoms with E-state index in [1.165, 1.54) is 4.31 Å². The number of thiol groups is 1. The van der Waals surface area contributed by atoms with Crippen molar-refractivity contribution in [2.45, 2.75) is 18.9 Å². The first-order chi connectivity index (χ1) is 4.70. The number of piperidine rings is 1. The maximum Gasteiger partial charge on any atom is 0.204 e. The molecule has 4 nitrogen and oxygen atoms in total. The van der Waals surface area contributed by atoms with Crippen molar-refractivity contribution in [3.05, 3.63) is 0 Å². The molecule has 0 aliphatic carbocycles. The molecule has 1 rings (SSSR count). The maximum atomic E-state index is 10.4. The molecular weight excluding hydrogens is 154 g/mol. The van der Waals surface area contributed by atoms with Crippen LogP contribution in [0.1, 0.15) is 12.8 Å². The predicted molar refractivity (Wildman–Crippen MR) is 37.1 cm³/mol. The Morgan fingerprint density at radius 1 is 1.50 bits per heavy atom. The number of hydrogen-bond donors (Lipinski definition) is 2. The number of rotatable bonds is 1. The van der Waals surface area contributed by atoms with Crippen LogP contribution < -0.4 is 0 Å². The third kappa shape index (κ3) is 1.93. The van der Waals surface area contributed by atoms with Crippen LogP contribution in [-0.4, -0.2) is 37.0 Å². The van der Waals surface area contributed by atoms with Crippen LogP contribution in [0.4, 0.5) is 0 Å². The molecule has 1 saturated heterocycles. The standard InChI is InChI=1S/C5H11NO3S/c7-5-2-1-3-6(4-5)10(8)9/h5,7,10H,1-4H2/t5-/m1/s1. The Hall–Kier alpha value is -0.130. The van der Waals surface area contributed by atoms with Crippen molar-refractivity contribution in [3.8, 4) is 0 Å². The van der Waals surface area contributed by atoms with Gasteiger partial charge in [0.2, 0.25) is 10.9 Å². The van der Waals surface area contributed by atoms with E-state index in [1.807, 2.05) is 0 Å². The molecule has 1 N–H and O–H groups in total. The Morgan fingerprint density at radius 3 is 2.60 bits per heavy atom. The summed E-state index contributed by atoms with van der Waals surface area (Å²) in [6.07, 6.45) is 1.03. The lowest BCUT2D eigenvalue weighted by Crippen LogP contribution is -2.36. The summed E-state index contributed by atoms with van der Waals surface area (Å²) in [4.78, 5) is 0. The number of nitrogens with zero attached hydrogens (tertiary/aromatic N) is 1. The summed E-state index contributed by atoms with van der Waals surface area (Å²) in [6, 6.07) is 0. The molecule has 10 heavy (non-hydrogen) atoms. The van der Waals surface area contributed by atoms with E-state index in [0.29, 0.717) is 6.54 Å². The monoisotopic (exact) mass is 165 g/mol. The second-order valence-electron chi connectivity index (χ2n) is 2.45. The van der Waals surface area contributed by atoms with E-state index in [9.17, 15) is 8.42 Å². The molecule has 0 aromatic carbocycles.